The maximum atomic E-state index is 13.3. The molecule has 2 N–H and O–H groups in total. The zero-order valence-corrected chi connectivity index (χ0v) is 18.9. The summed E-state index contributed by atoms with van der Waals surface area (Å²) in [7, 11) is 3.05. The fourth-order valence-electron chi connectivity index (χ4n) is 4.41. The van der Waals surface area contributed by atoms with Gasteiger partial charge in [-0.15, -0.1) is 0 Å². The van der Waals surface area contributed by atoms with Gasteiger partial charge in [-0.1, -0.05) is 18.2 Å². The molecule has 7 heteroatoms. The number of phenolic OH excluding ortho intramolecular Hbond substituents is 1. The fraction of sp³-hybridized carbons (Fsp3) is 0.308. The molecule has 0 unspecified atom stereocenters. The minimum absolute atomic E-state index is 0.00810. The Morgan fingerprint density at radius 3 is 2.55 bits per heavy atom. The number of Topliss-reactive ketones (excluding diaryl/α,β-unsaturated/α-hetero) is 1. The first kappa shape index (κ1) is 22.5. The van der Waals surface area contributed by atoms with Crippen LogP contribution in [-0.4, -0.2) is 31.1 Å². The smallest absolute Gasteiger partial charge is 0.337 e. The second-order valence-electron chi connectivity index (χ2n) is 8.12. The van der Waals surface area contributed by atoms with Gasteiger partial charge >= 0.3 is 5.97 Å². The van der Waals surface area contributed by atoms with Crippen molar-refractivity contribution in [2.45, 2.75) is 38.7 Å². The van der Waals surface area contributed by atoms with Crippen LogP contribution in [0.25, 0.3) is 0 Å². The topological polar surface area (TPSA) is 94.1 Å². The van der Waals surface area contributed by atoms with E-state index in [1.54, 1.807) is 31.4 Å². The molecule has 2 aromatic rings. The van der Waals surface area contributed by atoms with Crippen molar-refractivity contribution in [1.82, 2.24) is 5.32 Å². The van der Waals surface area contributed by atoms with Gasteiger partial charge in [0.05, 0.1) is 19.8 Å². The van der Waals surface area contributed by atoms with Gasteiger partial charge in [-0.3, -0.25) is 4.79 Å². The highest BCUT2D eigenvalue weighted by atomic mass is 16.5. The lowest BCUT2D eigenvalue weighted by molar-refractivity contribution is -0.140. The lowest BCUT2D eigenvalue weighted by Crippen LogP contribution is -2.34. The van der Waals surface area contributed by atoms with Crippen LogP contribution >= 0.6 is 0 Å². The number of carbonyl (C=O) groups is 2. The number of dihydropyridines is 1. The van der Waals surface area contributed by atoms with Crippen molar-refractivity contribution in [2.24, 2.45) is 0 Å². The van der Waals surface area contributed by atoms with Crippen molar-refractivity contribution in [1.29, 1.82) is 0 Å². The van der Waals surface area contributed by atoms with Crippen LogP contribution in [0.5, 0.6) is 17.2 Å². The van der Waals surface area contributed by atoms with Gasteiger partial charge in [-0.2, -0.15) is 0 Å². The maximum Gasteiger partial charge on any atom is 0.337 e. The second kappa shape index (κ2) is 9.40. The number of methoxy groups -OCH3 is 2. The normalized spacial score (nSPS) is 17.9. The third-order valence-corrected chi connectivity index (χ3v) is 6.06. The summed E-state index contributed by atoms with van der Waals surface area (Å²) < 4.78 is 16.1. The predicted octanol–water partition coefficient (Wildman–Crippen LogP) is 4.12. The molecule has 0 saturated heterocycles. The van der Waals surface area contributed by atoms with E-state index < -0.39 is 11.9 Å². The Bertz CT molecular complexity index is 1150. The van der Waals surface area contributed by atoms with Crippen molar-refractivity contribution in [3.05, 3.63) is 76.1 Å². The van der Waals surface area contributed by atoms with Gasteiger partial charge in [-0.25, -0.2) is 4.79 Å². The number of phenols is 1. The first-order chi connectivity index (χ1) is 15.9. The first-order valence-corrected chi connectivity index (χ1v) is 10.8. The Labute approximate surface area is 192 Å². The monoisotopic (exact) mass is 449 g/mol. The number of hydrogen-bond acceptors (Lipinski definition) is 7. The Morgan fingerprint density at radius 1 is 1.09 bits per heavy atom. The standard InChI is InChI=1S/C26H27NO6/c1-15-23(26(30)33-14-16-7-10-18(31-2)11-8-16)24(17-9-12-20(28)22(13-17)32-3)25-19(27-15)5-4-6-21(25)29/h7-13,24,27-28H,4-6,14H2,1-3H3/t24-/m1/s1. The zero-order chi connectivity index (χ0) is 23.5. The van der Waals surface area contributed by atoms with E-state index in [4.69, 9.17) is 14.2 Å². The molecule has 0 radical (unpaired) electrons. The van der Waals surface area contributed by atoms with E-state index in [-0.39, 0.29) is 23.9 Å². The van der Waals surface area contributed by atoms with Crippen LogP contribution in [0.15, 0.2) is 65.0 Å². The molecule has 1 aliphatic carbocycles. The first-order valence-electron chi connectivity index (χ1n) is 10.8. The number of rotatable bonds is 6. The Hall–Kier alpha value is -3.74. The Kier molecular flexibility index (Phi) is 6.40. The molecular weight excluding hydrogens is 422 g/mol. The van der Waals surface area contributed by atoms with E-state index in [9.17, 15) is 14.7 Å². The Morgan fingerprint density at radius 2 is 1.85 bits per heavy atom. The summed E-state index contributed by atoms with van der Waals surface area (Å²) in [6.45, 7) is 1.91. The number of aromatic hydroxyl groups is 1. The summed E-state index contributed by atoms with van der Waals surface area (Å²) in [5, 5.41) is 13.3. The largest absolute Gasteiger partial charge is 0.504 e. The number of carbonyl (C=O) groups excluding carboxylic acids is 2. The zero-order valence-electron chi connectivity index (χ0n) is 18.9. The molecule has 0 fully saturated rings. The van der Waals surface area contributed by atoms with E-state index in [2.05, 4.69) is 5.32 Å². The molecular formula is C26H27NO6. The lowest BCUT2D eigenvalue weighted by Gasteiger charge is -2.34. The molecule has 33 heavy (non-hydrogen) atoms. The number of hydrogen-bond donors (Lipinski definition) is 2. The van der Waals surface area contributed by atoms with E-state index in [0.717, 1.165) is 29.9 Å². The second-order valence-corrected chi connectivity index (χ2v) is 8.12. The molecule has 1 aliphatic heterocycles. The van der Waals surface area contributed by atoms with Gasteiger partial charge < -0.3 is 24.6 Å². The van der Waals surface area contributed by atoms with Crippen LogP contribution in [0.3, 0.4) is 0 Å². The molecule has 0 saturated carbocycles. The number of esters is 1. The maximum absolute atomic E-state index is 13.3. The lowest BCUT2D eigenvalue weighted by atomic mass is 9.75. The predicted molar refractivity (Wildman–Crippen MR) is 122 cm³/mol. The number of ketones is 1. The van der Waals surface area contributed by atoms with Crippen molar-refractivity contribution < 1.29 is 28.9 Å². The minimum Gasteiger partial charge on any atom is -0.504 e. The van der Waals surface area contributed by atoms with Crippen LogP contribution in [-0.2, 0) is 20.9 Å². The minimum atomic E-state index is -0.605. The molecule has 2 aromatic carbocycles. The van der Waals surface area contributed by atoms with Crippen molar-refractivity contribution in [3.63, 3.8) is 0 Å². The van der Waals surface area contributed by atoms with Gasteiger partial charge in [0.2, 0.25) is 0 Å². The Balaban J connectivity index is 1.69. The molecule has 7 nitrogen and oxygen atoms in total. The molecule has 0 spiro atoms. The molecule has 2 aliphatic rings. The van der Waals surface area contributed by atoms with Crippen molar-refractivity contribution in [3.8, 4) is 17.2 Å². The summed E-state index contributed by atoms with van der Waals surface area (Å²) in [5.74, 6) is -0.112. The summed E-state index contributed by atoms with van der Waals surface area (Å²) >= 11 is 0. The van der Waals surface area contributed by atoms with E-state index >= 15 is 0 Å². The van der Waals surface area contributed by atoms with Gasteiger partial charge in [0.15, 0.2) is 17.3 Å². The highest BCUT2D eigenvalue weighted by molar-refractivity contribution is 6.03. The van der Waals surface area contributed by atoms with Crippen LogP contribution in [0.4, 0.5) is 0 Å². The van der Waals surface area contributed by atoms with Crippen LogP contribution in [0.2, 0.25) is 0 Å². The van der Waals surface area contributed by atoms with Crippen molar-refractivity contribution >= 4 is 11.8 Å². The summed E-state index contributed by atoms with van der Waals surface area (Å²) in [4.78, 5) is 26.3. The molecule has 1 heterocycles. The number of allylic oxidation sites excluding steroid dienone is 3. The van der Waals surface area contributed by atoms with Gasteiger partial charge in [0.1, 0.15) is 12.4 Å². The van der Waals surface area contributed by atoms with Gasteiger partial charge in [0, 0.05) is 29.3 Å². The van der Waals surface area contributed by atoms with Crippen LogP contribution in [0.1, 0.15) is 43.2 Å². The highest BCUT2D eigenvalue weighted by Crippen LogP contribution is 2.44. The van der Waals surface area contributed by atoms with E-state index in [1.165, 1.54) is 13.2 Å². The van der Waals surface area contributed by atoms with Gasteiger partial charge in [0.25, 0.3) is 0 Å². The van der Waals surface area contributed by atoms with E-state index in [0.29, 0.717) is 28.8 Å². The SMILES string of the molecule is COc1ccc(COC(=O)C2=C(C)NC3=C(C(=O)CCC3)[C@@H]2c2ccc(O)c(OC)c2)cc1. The molecule has 0 aromatic heterocycles. The number of ether oxygens (including phenoxy) is 3. The average Bonchev–Trinajstić information content (AvgIpc) is 2.82. The highest BCUT2D eigenvalue weighted by Gasteiger charge is 2.39. The summed E-state index contributed by atoms with van der Waals surface area (Å²) in [6.07, 6.45) is 1.93. The summed E-state index contributed by atoms with van der Waals surface area (Å²) in [5.41, 5.74) is 3.96. The van der Waals surface area contributed by atoms with E-state index in [1.807, 2.05) is 19.1 Å². The van der Waals surface area contributed by atoms with Crippen molar-refractivity contribution in [2.75, 3.05) is 14.2 Å². The third kappa shape index (κ3) is 4.44. The number of benzene rings is 2. The van der Waals surface area contributed by atoms with Crippen LogP contribution < -0.4 is 14.8 Å². The fourth-order valence-corrected chi connectivity index (χ4v) is 4.41. The molecule has 172 valence electrons. The third-order valence-electron chi connectivity index (χ3n) is 6.06. The molecule has 0 bridgehead atoms. The van der Waals surface area contributed by atoms with Crippen LogP contribution in [0, 0.1) is 0 Å². The quantitative estimate of drug-likeness (QED) is 0.641. The van der Waals surface area contributed by atoms with Gasteiger partial charge in [-0.05, 0) is 55.2 Å². The number of nitrogens with one attached hydrogen (secondary N) is 1. The molecule has 1 atom stereocenters. The average molecular weight is 450 g/mol. The molecule has 4 rings (SSSR count). The molecule has 0 amide bonds. The summed E-state index contributed by atoms with van der Waals surface area (Å²) in [6, 6.07) is 12.2.